The lowest BCUT2D eigenvalue weighted by molar-refractivity contribution is 0.0706. The highest BCUT2D eigenvalue weighted by Gasteiger charge is 2.20. The van der Waals surface area contributed by atoms with E-state index in [1.165, 1.54) is 0 Å². The number of benzene rings is 2. The SMILES string of the molecule is COCCn1c(CN2CCOc3cc(C(=O)NO)ccc3C2)nc2ccccc21. The van der Waals surface area contributed by atoms with Crippen LogP contribution in [0.25, 0.3) is 11.0 Å². The Balaban J connectivity index is 1.58. The molecule has 2 heterocycles. The number of hydrogen-bond acceptors (Lipinski definition) is 6. The Labute approximate surface area is 168 Å². The van der Waals surface area contributed by atoms with Crippen LogP contribution in [-0.2, 0) is 24.4 Å². The van der Waals surface area contributed by atoms with Gasteiger partial charge in [0.1, 0.15) is 18.2 Å². The van der Waals surface area contributed by atoms with Gasteiger partial charge in [-0.2, -0.15) is 0 Å². The number of carbonyl (C=O) groups is 1. The van der Waals surface area contributed by atoms with Crippen LogP contribution < -0.4 is 10.2 Å². The van der Waals surface area contributed by atoms with Gasteiger partial charge in [0, 0.05) is 37.9 Å². The first kappa shape index (κ1) is 19.4. The number of methoxy groups -OCH3 is 1. The Kier molecular flexibility index (Phi) is 5.75. The van der Waals surface area contributed by atoms with Gasteiger partial charge >= 0.3 is 0 Å². The van der Waals surface area contributed by atoms with E-state index in [1.807, 2.05) is 24.3 Å². The fourth-order valence-electron chi connectivity index (χ4n) is 3.64. The van der Waals surface area contributed by atoms with E-state index < -0.39 is 5.91 Å². The number of aromatic nitrogens is 2. The summed E-state index contributed by atoms with van der Waals surface area (Å²) < 4.78 is 13.3. The van der Waals surface area contributed by atoms with Crippen molar-refractivity contribution in [1.29, 1.82) is 0 Å². The number of amides is 1. The minimum absolute atomic E-state index is 0.362. The van der Waals surface area contributed by atoms with Crippen molar-refractivity contribution in [3.05, 3.63) is 59.4 Å². The molecule has 2 aromatic carbocycles. The van der Waals surface area contributed by atoms with E-state index in [9.17, 15) is 4.79 Å². The van der Waals surface area contributed by atoms with Crippen LogP contribution in [0.5, 0.6) is 5.75 Å². The van der Waals surface area contributed by atoms with Gasteiger partial charge in [-0.1, -0.05) is 18.2 Å². The summed E-state index contributed by atoms with van der Waals surface area (Å²) in [5.41, 5.74) is 5.09. The standard InChI is InChI=1S/C21H24N4O4/c1-28-10-9-25-18-5-3-2-4-17(18)22-20(25)14-24-8-11-29-19-12-15(21(26)23-27)6-7-16(19)13-24/h2-7,12,27H,8-11,13-14H2,1H3,(H,23,26). The zero-order valence-corrected chi connectivity index (χ0v) is 16.3. The van der Waals surface area contributed by atoms with Crippen molar-refractivity contribution >= 4 is 16.9 Å². The van der Waals surface area contributed by atoms with E-state index in [-0.39, 0.29) is 0 Å². The first-order valence-corrected chi connectivity index (χ1v) is 9.55. The third-order valence-corrected chi connectivity index (χ3v) is 5.11. The number of nitrogens with one attached hydrogen (secondary N) is 1. The summed E-state index contributed by atoms with van der Waals surface area (Å²) >= 11 is 0. The second-order valence-corrected chi connectivity index (χ2v) is 6.98. The highest BCUT2D eigenvalue weighted by molar-refractivity contribution is 5.93. The molecule has 1 aliphatic rings. The first-order valence-electron chi connectivity index (χ1n) is 9.55. The molecular weight excluding hydrogens is 372 g/mol. The summed E-state index contributed by atoms with van der Waals surface area (Å²) in [4.78, 5) is 18.8. The maximum Gasteiger partial charge on any atom is 0.274 e. The van der Waals surface area contributed by atoms with Crippen molar-refractivity contribution < 1.29 is 19.5 Å². The molecule has 0 saturated carbocycles. The lowest BCUT2D eigenvalue weighted by Crippen LogP contribution is -2.27. The molecule has 0 spiro atoms. The molecule has 4 rings (SSSR count). The molecule has 1 amide bonds. The normalized spacial score (nSPS) is 14.3. The molecule has 0 unspecified atom stereocenters. The number of hydroxylamine groups is 1. The maximum absolute atomic E-state index is 11.7. The van der Waals surface area contributed by atoms with Crippen LogP contribution in [0.4, 0.5) is 0 Å². The number of para-hydroxylation sites is 2. The predicted octanol–water partition coefficient (Wildman–Crippen LogP) is 2.20. The first-order chi connectivity index (χ1) is 14.2. The monoisotopic (exact) mass is 396 g/mol. The minimum atomic E-state index is -0.552. The number of ether oxygens (including phenoxy) is 2. The molecule has 0 atom stereocenters. The topological polar surface area (TPSA) is 88.9 Å². The summed E-state index contributed by atoms with van der Waals surface area (Å²) in [7, 11) is 1.70. The number of nitrogens with zero attached hydrogens (tertiary/aromatic N) is 3. The molecule has 0 bridgehead atoms. The van der Waals surface area contributed by atoms with E-state index in [0.717, 1.165) is 35.5 Å². The average Bonchev–Trinajstić information content (AvgIpc) is 2.95. The molecular formula is C21H24N4O4. The molecule has 0 saturated heterocycles. The summed E-state index contributed by atoms with van der Waals surface area (Å²) in [6.45, 7) is 3.98. The molecule has 1 aromatic heterocycles. The lowest BCUT2D eigenvalue weighted by Gasteiger charge is -2.20. The van der Waals surface area contributed by atoms with Crippen molar-refractivity contribution in [2.75, 3.05) is 26.9 Å². The van der Waals surface area contributed by atoms with Crippen molar-refractivity contribution in [2.45, 2.75) is 19.6 Å². The molecule has 152 valence electrons. The second kappa shape index (κ2) is 8.60. The Morgan fingerprint density at radius 1 is 1.31 bits per heavy atom. The molecule has 0 radical (unpaired) electrons. The third kappa shape index (κ3) is 4.09. The molecule has 0 aliphatic carbocycles. The maximum atomic E-state index is 11.7. The minimum Gasteiger partial charge on any atom is -0.492 e. The average molecular weight is 396 g/mol. The molecule has 8 heteroatoms. The van der Waals surface area contributed by atoms with Gasteiger partial charge in [-0.15, -0.1) is 0 Å². The van der Waals surface area contributed by atoms with Gasteiger partial charge in [-0.05, 0) is 24.3 Å². The van der Waals surface area contributed by atoms with Gasteiger partial charge in [0.2, 0.25) is 0 Å². The van der Waals surface area contributed by atoms with Gasteiger partial charge in [0.15, 0.2) is 0 Å². The fourth-order valence-corrected chi connectivity index (χ4v) is 3.64. The molecule has 3 aromatic rings. The second-order valence-electron chi connectivity index (χ2n) is 6.98. The van der Waals surface area contributed by atoms with E-state index in [1.54, 1.807) is 24.7 Å². The zero-order chi connectivity index (χ0) is 20.2. The van der Waals surface area contributed by atoms with Gasteiger partial charge in [0.25, 0.3) is 5.91 Å². The number of rotatable bonds is 6. The largest absolute Gasteiger partial charge is 0.492 e. The van der Waals surface area contributed by atoms with Crippen LogP contribution in [0.15, 0.2) is 42.5 Å². The van der Waals surface area contributed by atoms with E-state index in [4.69, 9.17) is 19.7 Å². The van der Waals surface area contributed by atoms with Gasteiger partial charge in [-0.3, -0.25) is 14.9 Å². The highest BCUT2D eigenvalue weighted by Crippen LogP contribution is 2.26. The molecule has 0 fully saturated rings. The fraction of sp³-hybridized carbons (Fsp3) is 0.333. The van der Waals surface area contributed by atoms with Crippen molar-refractivity contribution in [1.82, 2.24) is 19.9 Å². The number of imidazole rings is 1. The molecule has 8 nitrogen and oxygen atoms in total. The van der Waals surface area contributed by atoms with Crippen LogP contribution in [-0.4, -0.2) is 52.4 Å². The van der Waals surface area contributed by atoms with Gasteiger partial charge < -0.3 is 14.0 Å². The number of hydrogen-bond donors (Lipinski definition) is 2. The van der Waals surface area contributed by atoms with Crippen LogP contribution in [0.3, 0.4) is 0 Å². The Morgan fingerprint density at radius 2 is 2.17 bits per heavy atom. The zero-order valence-electron chi connectivity index (χ0n) is 16.3. The quantitative estimate of drug-likeness (QED) is 0.491. The van der Waals surface area contributed by atoms with E-state index >= 15 is 0 Å². The van der Waals surface area contributed by atoms with Crippen molar-refractivity contribution in [3.63, 3.8) is 0 Å². The molecule has 1 aliphatic heterocycles. The summed E-state index contributed by atoms with van der Waals surface area (Å²) in [6.07, 6.45) is 0. The van der Waals surface area contributed by atoms with Crippen LogP contribution in [0.2, 0.25) is 0 Å². The molecule has 29 heavy (non-hydrogen) atoms. The Morgan fingerprint density at radius 3 is 3.00 bits per heavy atom. The van der Waals surface area contributed by atoms with E-state index in [2.05, 4.69) is 15.5 Å². The summed E-state index contributed by atoms with van der Waals surface area (Å²) in [6, 6.07) is 13.3. The van der Waals surface area contributed by atoms with E-state index in [0.29, 0.717) is 37.6 Å². The van der Waals surface area contributed by atoms with Crippen LogP contribution in [0, 0.1) is 0 Å². The lowest BCUT2D eigenvalue weighted by atomic mass is 10.1. The number of carbonyl (C=O) groups excluding carboxylic acids is 1. The van der Waals surface area contributed by atoms with Crippen LogP contribution >= 0.6 is 0 Å². The van der Waals surface area contributed by atoms with Crippen LogP contribution in [0.1, 0.15) is 21.7 Å². The predicted molar refractivity (Wildman–Crippen MR) is 107 cm³/mol. The molecule has 2 N–H and O–H groups in total. The Bertz CT molecular complexity index is 1020. The van der Waals surface area contributed by atoms with Crippen molar-refractivity contribution in [3.8, 4) is 5.75 Å². The smallest absolute Gasteiger partial charge is 0.274 e. The van der Waals surface area contributed by atoms with Gasteiger partial charge in [0.05, 0.1) is 24.2 Å². The van der Waals surface area contributed by atoms with Gasteiger partial charge in [-0.25, -0.2) is 10.5 Å². The summed E-state index contributed by atoms with van der Waals surface area (Å²) in [5.74, 6) is 1.11. The Hall–Kier alpha value is -2.94. The number of fused-ring (bicyclic) bond motifs is 2. The third-order valence-electron chi connectivity index (χ3n) is 5.11. The highest BCUT2D eigenvalue weighted by atomic mass is 16.5. The summed E-state index contributed by atoms with van der Waals surface area (Å²) in [5, 5.41) is 8.83. The van der Waals surface area contributed by atoms with Crippen molar-refractivity contribution in [2.24, 2.45) is 0 Å².